The summed E-state index contributed by atoms with van der Waals surface area (Å²) in [6, 6.07) is 7.83. The van der Waals surface area contributed by atoms with Gasteiger partial charge in [0.05, 0.1) is 30.2 Å². The second-order valence-corrected chi connectivity index (χ2v) is 10.7. The lowest BCUT2D eigenvalue weighted by Gasteiger charge is -2.44. The molecule has 0 bridgehead atoms. The molecule has 1 aromatic carbocycles. The molecule has 1 aromatic heterocycles. The first-order chi connectivity index (χ1) is 19.5. The van der Waals surface area contributed by atoms with Crippen molar-refractivity contribution in [1.29, 1.82) is 0 Å². The fraction of sp³-hybridized carbons (Fsp3) is 0.483. The molecule has 0 aliphatic carbocycles. The lowest BCUT2D eigenvalue weighted by atomic mass is 9.89. The Morgan fingerprint density at radius 3 is 2.37 bits per heavy atom. The van der Waals surface area contributed by atoms with Crippen molar-refractivity contribution < 1.29 is 34.1 Å². The van der Waals surface area contributed by atoms with E-state index >= 15 is 0 Å². The van der Waals surface area contributed by atoms with Crippen LogP contribution in [0, 0.1) is 5.92 Å². The SMILES string of the molecule is C[C@@H]1[C@H](NC(=O)c2ncccc2O)C(=O)N[C@@H](Cc2ccccc2)[C@@H](O)[C@@H](C)C(=O)N(C)C(C2CCO2)C(=O)N1C. The standard InChI is InChI=1S/C29H37N5O7/c1-16-25(36)19(15-18-9-6-5-7-10-18)31-26(37)22(32-27(38)23-20(35)11-8-13-30-23)17(2)33(3)29(40)24(21-12-14-41-21)34(4)28(16)39/h5-11,13,16-17,19,21-22,24-25,35-36H,12,14-15H2,1-4H3,(H,31,37)(H,32,38)/t16-,17-,19+,21?,22+,24?,25+/m1/s1. The molecule has 0 spiro atoms. The van der Waals surface area contributed by atoms with Gasteiger partial charge < -0.3 is 35.4 Å². The molecule has 2 aromatic rings. The molecular formula is C29H37N5O7. The van der Waals surface area contributed by atoms with E-state index in [1.165, 1.54) is 42.2 Å². The number of hydrogen-bond donors (Lipinski definition) is 4. The number of amides is 4. The van der Waals surface area contributed by atoms with Crippen LogP contribution in [0.25, 0.3) is 0 Å². The molecule has 4 N–H and O–H groups in total. The van der Waals surface area contributed by atoms with Crippen LogP contribution < -0.4 is 10.6 Å². The summed E-state index contributed by atoms with van der Waals surface area (Å²) in [6.45, 7) is 3.60. The molecular weight excluding hydrogens is 530 g/mol. The number of nitrogens with zero attached hydrogens (tertiary/aromatic N) is 3. The van der Waals surface area contributed by atoms with E-state index in [1.807, 2.05) is 30.3 Å². The van der Waals surface area contributed by atoms with Gasteiger partial charge in [0.2, 0.25) is 17.7 Å². The first kappa shape index (κ1) is 29.9. The molecule has 2 fully saturated rings. The molecule has 4 amide bonds. The van der Waals surface area contributed by atoms with E-state index < -0.39 is 65.9 Å². The minimum atomic E-state index is -1.32. The van der Waals surface area contributed by atoms with Crippen molar-refractivity contribution >= 4 is 23.6 Å². The quantitative estimate of drug-likeness (QED) is 0.395. The van der Waals surface area contributed by atoms with Crippen molar-refractivity contribution in [1.82, 2.24) is 25.4 Å². The summed E-state index contributed by atoms with van der Waals surface area (Å²) in [7, 11) is 3.00. The van der Waals surface area contributed by atoms with E-state index in [9.17, 15) is 29.4 Å². The van der Waals surface area contributed by atoms with E-state index in [-0.39, 0.29) is 17.9 Å². The first-order valence-electron chi connectivity index (χ1n) is 13.6. The van der Waals surface area contributed by atoms with Crippen LogP contribution in [0.3, 0.4) is 0 Å². The molecule has 2 aliphatic rings. The Balaban J connectivity index is 1.74. The molecule has 7 atom stereocenters. The van der Waals surface area contributed by atoms with Gasteiger partial charge in [-0.1, -0.05) is 37.3 Å². The lowest BCUT2D eigenvalue weighted by molar-refractivity contribution is -0.165. The fourth-order valence-corrected chi connectivity index (χ4v) is 5.25. The third-order valence-corrected chi connectivity index (χ3v) is 8.06. The molecule has 3 heterocycles. The average molecular weight is 568 g/mol. The molecule has 2 saturated heterocycles. The summed E-state index contributed by atoms with van der Waals surface area (Å²) >= 11 is 0. The molecule has 41 heavy (non-hydrogen) atoms. The Kier molecular flexibility index (Phi) is 9.24. The zero-order valence-corrected chi connectivity index (χ0v) is 23.6. The van der Waals surface area contributed by atoms with Crippen LogP contribution in [0.1, 0.15) is 36.3 Å². The van der Waals surface area contributed by atoms with Gasteiger partial charge in [-0.05, 0) is 37.5 Å². The highest BCUT2D eigenvalue weighted by Crippen LogP contribution is 2.25. The van der Waals surface area contributed by atoms with Crippen LogP contribution in [0.4, 0.5) is 0 Å². The summed E-state index contributed by atoms with van der Waals surface area (Å²) in [6.07, 6.45) is 0.221. The van der Waals surface area contributed by atoms with Crippen LogP contribution in [0.2, 0.25) is 0 Å². The number of ether oxygens (including phenoxy) is 1. The number of benzene rings is 1. The maximum atomic E-state index is 13.8. The highest BCUT2D eigenvalue weighted by molar-refractivity contribution is 5.98. The van der Waals surface area contributed by atoms with Crippen LogP contribution in [0.5, 0.6) is 5.75 Å². The van der Waals surface area contributed by atoms with Crippen molar-refractivity contribution in [3.8, 4) is 5.75 Å². The minimum absolute atomic E-state index is 0.203. The summed E-state index contributed by atoms with van der Waals surface area (Å²) in [5.41, 5.74) is 0.533. The number of aromatic hydroxyl groups is 1. The molecule has 2 unspecified atom stereocenters. The topological polar surface area (TPSA) is 161 Å². The Bertz CT molecular complexity index is 1270. The van der Waals surface area contributed by atoms with Crippen LogP contribution in [0.15, 0.2) is 48.7 Å². The van der Waals surface area contributed by atoms with Crippen molar-refractivity contribution in [3.05, 3.63) is 59.9 Å². The maximum absolute atomic E-state index is 13.8. The van der Waals surface area contributed by atoms with Gasteiger partial charge in [0, 0.05) is 26.9 Å². The first-order valence-corrected chi connectivity index (χ1v) is 13.6. The highest BCUT2D eigenvalue weighted by atomic mass is 16.5. The number of rotatable bonds is 5. The summed E-state index contributed by atoms with van der Waals surface area (Å²) < 4.78 is 5.62. The van der Waals surface area contributed by atoms with Gasteiger partial charge in [0.15, 0.2) is 5.69 Å². The van der Waals surface area contributed by atoms with Gasteiger partial charge in [-0.2, -0.15) is 0 Å². The van der Waals surface area contributed by atoms with Gasteiger partial charge >= 0.3 is 0 Å². The number of carbonyl (C=O) groups is 4. The normalized spacial score (nSPS) is 29.6. The third-order valence-electron chi connectivity index (χ3n) is 8.06. The predicted octanol–water partition coefficient (Wildman–Crippen LogP) is 0.0865. The third kappa shape index (κ3) is 6.33. The van der Waals surface area contributed by atoms with Crippen molar-refractivity contribution in [2.24, 2.45) is 5.92 Å². The Morgan fingerprint density at radius 2 is 1.76 bits per heavy atom. The molecule has 2 aliphatic heterocycles. The smallest absolute Gasteiger partial charge is 0.274 e. The van der Waals surface area contributed by atoms with Crippen molar-refractivity contribution in [3.63, 3.8) is 0 Å². The number of likely N-dealkylation sites (N-methyl/N-ethyl adjacent to an activating group) is 2. The predicted molar refractivity (Wildman–Crippen MR) is 148 cm³/mol. The summed E-state index contributed by atoms with van der Waals surface area (Å²) in [5, 5.41) is 27.0. The largest absolute Gasteiger partial charge is 0.505 e. The second-order valence-electron chi connectivity index (χ2n) is 10.7. The molecule has 0 radical (unpaired) electrons. The summed E-state index contributed by atoms with van der Waals surface area (Å²) in [5.74, 6) is -3.78. The maximum Gasteiger partial charge on any atom is 0.274 e. The zero-order valence-electron chi connectivity index (χ0n) is 23.6. The Morgan fingerprint density at radius 1 is 1.07 bits per heavy atom. The number of hydrogen-bond acceptors (Lipinski definition) is 8. The monoisotopic (exact) mass is 567 g/mol. The molecule has 0 saturated carbocycles. The number of nitrogens with one attached hydrogen (secondary N) is 2. The van der Waals surface area contributed by atoms with E-state index in [4.69, 9.17) is 4.74 Å². The fourth-order valence-electron chi connectivity index (χ4n) is 5.25. The number of aromatic nitrogens is 1. The minimum Gasteiger partial charge on any atom is -0.505 e. The number of carbonyl (C=O) groups excluding carboxylic acids is 4. The van der Waals surface area contributed by atoms with E-state index in [0.717, 1.165) is 5.56 Å². The van der Waals surface area contributed by atoms with Crippen LogP contribution in [-0.4, -0.2) is 106 Å². The number of aliphatic hydroxyl groups is 1. The molecule has 12 heteroatoms. The molecule has 220 valence electrons. The van der Waals surface area contributed by atoms with Gasteiger partial charge in [0.1, 0.15) is 17.8 Å². The van der Waals surface area contributed by atoms with E-state index in [1.54, 1.807) is 13.8 Å². The van der Waals surface area contributed by atoms with E-state index in [0.29, 0.717) is 13.0 Å². The number of aliphatic hydroxyl groups excluding tert-OH is 1. The van der Waals surface area contributed by atoms with Gasteiger partial charge in [-0.15, -0.1) is 0 Å². The Hall–Kier alpha value is -4.03. The second kappa shape index (κ2) is 12.6. The van der Waals surface area contributed by atoms with Crippen LogP contribution in [-0.2, 0) is 25.5 Å². The molecule has 12 nitrogen and oxygen atoms in total. The number of pyridine rings is 1. The van der Waals surface area contributed by atoms with E-state index in [2.05, 4.69) is 15.6 Å². The Labute approximate surface area is 238 Å². The average Bonchev–Trinajstić information content (AvgIpc) is 2.94. The lowest BCUT2D eigenvalue weighted by Crippen LogP contribution is -2.66. The highest BCUT2D eigenvalue weighted by Gasteiger charge is 2.46. The van der Waals surface area contributed by atoms with Crippen LogP contribution >= 0.6 is 0 Å². The van der Waals surface area contributed by atoms with Crippen molar-refractivity contribution in [2.75, 3.05) is 20.7 Å². The molecule has 4 rings (SSSR count). The van der Waals surface area contributed by atoms with Crippen molar-refractivity contribution in [2.45, 2.75) is 63.1 Å². The van der Waals surface area contributed by atoms with Gasteiger partial charge in [-0.25, -0.2) is 4.98 Å². The zero-order chi connectivity index (χ0) is 29.8. The van der Waals surface area contributed by atoms with Gasteiger partial charge in [0.25, 0.3) is 5.91 Å². The van der Waals surface area contributed by atoms with Gasteiger partial charge in [-0.3, -0.25) is 19.2 Å². The summed E-state index contributed by atoms with van der Waals surface area (Å²) in [4.78, 5) is 60.9.